The highest BCUT2D eigenvalue weighted by Gasteiger charge is 2.18. The van der Waals surface area contributed by atoms with Crippen molar-refractivity contribution in [3.63, 3.8) is 0 Å². The summed E-state index contributed by atoms with van der Waals surface area (Å²) in [7, 11) is 0. The molecule has 1 fully saturated rings. The van der Waals surface area contributed by atoms with Crippen LogP contribution in [-0.4, -0.2) is 24.6 Å². The lowest BCUT2D eigenvalue weighted by Gasteiger charge is -2.11. The zero-order chi connectivity index (χ0) is 12.3. The summed E-state index contributed by atoms with van der Waals surface area (Å²) in [6.45, 7) is 2.49. The minimum atomic E-state index is -0.505. The zero-order valence-electron chi connectivity index (χ0n) is 9.69. The molecule has 0 radical (unpaired) electrons. The Balaban J connectivity index is 0.00000162. The molecule has 5 nitrogen and oxygen atoms in total. The second-order valence-corrected chi connectivity index (χ2v) is 4.16. The van der Waals surface area contributed by atoms with Crippen molar-refractivity contribution in [1.82, 2.24) is 5.32 Å². The summed E-state index contributed by atoms with van der Waals surface area (Å²) < 4.78 is 13.0. The van der Waals surface area contributed by atoms with Crippen molar-refractivity contribution in [3.05, 3.63) is 34.1 Å². The molecule has 1 aliphatic heterocycles. The molecule has 0 saturated carbocycles. The van der Waals surface area contributed by atoms with Crippen molar-refractivity contribution in [2.45, 2.75) is 6.42 Å². The van der Waals surface area contributed by atoms with Gasteiger partial charge in [0.15, 0.2) is 0 Å². The van der Waals surface area contributed by atoms with Gasteiger partial charge in [0, 0.05) is 18.7 Å². The normalized spacial score (nSPS) is 18.2. The van der Waals surface area contributed by atoms with Gasteiger partial charge in [-0.3, -0.25) is 10.1 Å². The summed E-state index contributed by atoms with van der Waals surface area (Å²) >= 11 is 0. The maximum absolute atomic E-state index is 13.0. The van der Waals surface area contributed by atoms with Gasteiger partial charge in [-0.1, -0.05) is 0 Å². The second-order valence-electron chi connectivity index (χ2n) is 4.16. The van der Waals surface area contributed by atoms with Gasteiger partial charge in [0.25, 0.3) is 5.69 Å². The SMILES string of the molecule is Cl.O=[N+]([O-])c1ccc(F)cc1NC[C@@H]1CCNC1. The van der Waals surface area contributed by atoms with E-state index in [1.54, 1.807) is 0 Å². The van der Waals surface area contributed by atoms with Crippen LogP contribution in [0.1, 0.15) is 6.42 Å². The lowest BCUT2D eigenvalue weighted by Crippen LogP contribution is -2.17. The highest BCUT2D eigenvalue weighted by atomic mass is 35.5. The van der Waals surface area contributed by atoms with Crippen LogP contribution in [0.3, 0.4) is 0 Å². The van der Waals surface area contributed by atoms with Crippen LogP contribution < -0.4 is 10.6 Å². The molecule has 18 heavy (non-hydrogen) atoms. The fourth-order valence-electron chi connectivity index (χ4n) is 1.95. The monoisotopic (exact) mass is 275 g/mol. The van der Waals surface area contributed by atoms with Gasteiger partial charge in [-0.2, -0.15) is 0 Å². The molecule has 0 spiro atoms. The first-order valence-corrected chi connectivity index (χ1v) is 5.55. The molecular weight excluding hydrogens is 261 g/mol. The molecule has 1 atom stereocenters. The average Bonchev–Trinajstić information content (AvgIpc) is 2.78. The summed E-state index contributed by atoms with van der Waals surface area (Å²) in [5.74, 6) is -0.0273. The highest BCUT2D eigenvalue weighted by molar-refractivity contribution is 5.85. The van der Waals surface area contributed by atoms with Gasteiger partial charge in [-0.25, -0.2) is 4.39 Å². The van der Waals surface area contributed by atoms with Crippen LogP contribution in [0, 0.1) is 21.8 Å². The van der Waals surface area contributed by atoms with Crippen molar-refractivity contribution in [2.75, 3.05) is 25.0 Å². The molecule has 7 heteroatoms. The summed E-state index contributed by atoms with van der Waals surface area (Å²) in [5, 5.41) is 16.9. The van der Waals surface area contributed by atoms with E-state index in [2.05, 4.69) is 10.6 Å². The molecule has 1 saturated heterocycles. The minimum absolute atomic E-state index is 0. The summed E-state index contributed by atoms with van der Waals surface area (Å²) in [4.78, 5) is 10.3. The molecular formula is C11H15ClFN3O2. The molecule has 0 amide bonds. The maximum Gasteiger partial charge on any atom is 0.292 e. The number of nitrogens with zero attached hydrogens (tertiary/aromatic N) is 1. The number of hydrogen-bond acceptors (Lipinski definition) is 4. The summed E-state index contributed by atoms with van der Waals surface area (Å²) in [6, 6.07) is 3.45. The number of nitro groups is 1. The second kappa shape index (κ2) is 6.51. The number of anilines is 1. The van der Waals surface area contributed by atoms with Gasteiger partial charge in [-0.05, 0) is 31.5 Å². The van der Waals surface area contributed by atoms with E-state index in [9.17, 15) is 14.5 Å². The molecule has 1 heterocycles. The van der Waals surface area contributed by atoms with E-state index in [4.69, 9.17) is 0 Å². The first-order valence-electron chi connectivity index (χ1n) is 5.55. The van der Waals surface area contributed by atoms with Crippen molar-refractivity contribution < 1.29 is 9.31 Å². The molecule has 0 unspecified atom stereocenters. The number of nitro benzene ring substituents is 1. The molecule has 2 rings (SSSR count). The van der Waals surface area contributed by atoms with E-state index in [1.165, 1.54) is 12.1 Å². The Kier molecular flexibility index (Phi) is 5.30. The van der Waals surface area contributed by atoms with E-state index in [0.717, 1.165) is 25.6 Å². The number of rotatable bonds is 4. The van der Waals surface area contributed by atoms with Crippen molar-refractivity contribution in [1.29, 1.82) is 0 Å². The minimum Gasteiger partial charge on any atom is -0.379 e. The van der Waals surface area contributed by atoms with Crippen LogP contribution in [-0.2, 0) is 0 Å². The predicted molar refractivity (Wildman–Crippen MR) is 69.8 cm³/mol. The van der Waals surface area contributed by atoms with Crippen LogP contribution in [0.5, 0.6) is 0 Å². The predicted octanol–water partition coefficient (Wildman–Crippen LogP) is 2.18. The van der Waals surface area contributed by atoms with Gasteiger partial charge in [0.2, 0.25) is 0 Å². The van der Waals surface area contributed by atoms with Crippen molar-refractivity contribution in [2.24, 2.45) is 5.92 Å². The lowest BCUT2D eigenvalue weighted by molar-refractivity contribution is -0.384. The quantitative estimate of drug-likeness (QED) is 0.653. The topological polar surface area (TPSA) is 67.2 Å². The summed E-state index contributed by atoms with van der Waals surface area (Å²) in [6.07, 6.45) is 1.04. The maximum atomic E-state index is 13.0. The van der Waals surface area contributed by atoms with Crippen LogP contribution in [0.2, 0.25) is 0 Å². The number of nitrogens with one attached hydrogen (secondary N) is 2. The smallest absolute Gasteiger partial charge is 0.292 e. The van der Waals surface area contributed by atoms with E-state index in [0.29, 0.717) is 12.5 Å². The van der Waals surface area contributed by atoms with Crippen molar-refractivity contribution >= 4 is 23.8 Å². The van der Waals surface area contributed by atoms with Gasteiger partial charge in [-0.15, -0.1) is 12.4 Å². The van der Waals surface area contributed by atoms with Crippen LogP contribution in [0.4, 0.5) is 15.8 Å². The van der Waals surface area contributed by atoms with Crippen molar-refractivity contribution in [3.8, 4) is 0 Å². The number of hydrogen-bond donors (Lipinski definition) is 2. The Morgan fingerprint density at radius 2 is 2.33 bits per heavy atom. The first kappa shape index (κ1) is 14.7. The van der Waals surface area contributed by atoms with E-state index >= 15 is 0 Å². The fourth-order valence-corrected chi connectivity index (χ4v) is 1.95. The van der Waals surface area contributed by atoms with E-state index in [1.807, 2.05) is 0 Å². The molecule has 0 aliphatic carbocycles. The van der Waals surface area contributed by atoms with Gasteiger partial charge in [0.05, 0.1) is 4.92 Å². The number of halogens is 2. The fraction of sp³-hybridized carbons (Fsp3) is 0.455. The van der Waals surface area contributed by atoms with Crippen LogP contribution in [0.25, 0.3) is 0 Å². The Labute approximate surface area is 110 Å². The average molecular weight is 276 g/mol. The van der Waals surface area contributed by atoms with E-state index < -0.39 is 10.7 Å². The largest absolute Gasteiger partial charge is 0.379 e. The summed E-state index contributed by atoms with van der Waals surface area (Å²) in [5.41, 5.74) is 0.166. The molecule has 2 N–H and O–H groups in total. The lowest BCUT2D eigenvalue weighted by atomic mass is 10.1. The third kappa shape index (κ3) is 3.54. The molecule has 0 bridgehead atoms. The molecule has 1 aromatic rings. The Morgan fingerprint density at radius 3 is 2.94 bits per heavy atom. The zero-order valence-corrected chi connectivity index (χ0v) is 10.5. The Morgan fingerprint density at radius 1 is 1.56 bits per heavy atom. The molecule has 100 valence electrons. The molecule has 0 aromatic heterocycles. The Hall–Kier alpha value is -1.40. The third-order valence-corrected chi connectivity index (χ3v) is 2.90. The standard InChI is InChI=1S/C11H14FN3O2.ClH/c12-9-1-2-11(15(16)17)10(5-9)14-7-8-3-4-13-6-8;/h1-2,5,8,13-14H,3-4,6-7H2;1H/t8-;/m1./s1. The molecule has 1 aromatic carbocycles. The van der Waals surface area contributed by atoms with E-state index in [-0.39, 0.29) is 23.8 Å². The number of benzene rings is 1. The Bertz CT molecular complexity index is 425. The third-order valence-electron chi connectivity index (χ3n) is 2.90. The van der Waals surface area contributed by atoms with Crippen LogP contribution >= 0.6 is 12.4 Å². The first-order chi connectivity index (χ1) is 8.16. The van der Waals surface area contributed by atoms with Gasteiger partial charge >= 0.3 is 0 Å². The van der Waals surface area contributed by atoms with Gasteiger partial charge in [0.1, 0.15) is 11.5 Å². The molecule has 1 aliphatic rings. The highest BCUT2D eigenvalue weighted by Crippen LogP contribution is 2.25. The van der Waals surface area contributed by atoms with Gasteiger partial charge < -0.3 is 10.6 Å². The van der Waals surface area contributed by atoms with Crippen LogP contribution in [0.15, 0.2) is 18.2 Å².